The van der Waals surface area contributed by atoms with Gasteiger partial charge in [-0.25, -0.2) is 0 Å². The van der Waals surface area contributed by atoms with E-state index in [-0.39, 0.29) is 5.75 Å². The molecule has 0 aliphatic rings. The maximum atomic E-state index is 10.7. The third-order valence-electron chi connectivity index (χ3n) is 2.38. The van der Waals surface area contributed by atoms with E-state index in [0.29, 0.717) is 15.4 Å². The Morgan fingerprint density at radius 1 is 1.50 bits per heavy atom. The fraction of sp³-hybridized carbons (Fsp3) is 0.417. The van der Waals surface area contributed by atoms with Gasteiger partial charge in [0.1, 0.15) is 0 Å². The molecule has 0 unspecified atom stereocenters. The summed E-state index contributed by atoms with van der Waals surface area (Å²) in [5.74, 6) is 0.254. The Morgan fingerprint density at radius 2 is 2.25 bits per heavy atom. The van der Waals surface area contributed by atoms with E-state index in [9.17, 15) is 4.79 Å². The molecule has 0 radical (unpaired) electrons. The highest BCUT2D eigenvalue weighted by molar-refractivity contribution is 7.99. The van der Waals surface area contributed by atoms with Crippen molar-refractivity contribution < 1.29 is 9.90 Å². The number of thiophene rings is 1. The van der Waals surface area contributed by atoms with Gasteiger partial charge >= 0.3 is 5.97 Å². The molecule has 1 N–H and O–H groups in total. The van der Waals surface area contributed by atoms with Crippen LogP contribution in [0.3, 0.4) is 0 Å². The van der Waals surface area contributed by atoms with Crippen molar-refractivity contribution in [2.24, 2.45) is 5.92 Å². The van der Waals surface area contributed by atoms with Crippen LogP contribution in [0.25, 0.3) is 10.7 Å². The maximum Gasteiger partial charge on any atom is 0.313 e. The molecule has 0 saturated heterocycles. The molecular weight excluding hydrogens is 318 g/mol. The molecule has 20 heavy (non-hydrogen) atoms. The number of nitrogens with zero attached hydrogens (tertiary/aromatic N) is 3. The number of rotatable bonds is 6. The first-order valence-corrected chi connectivity index (χ1v) is 8.19. The minimum absolute atomic E-state index is 0.0264. The lowest BCUT2D eigenvalue weighted by atomic mass is 10.2. The summed E-state index contributed by atoms with van der Waals surface area (Å²) in [7, 11) is 0. The fourth-order valence-electron chi connectivity index (χ4n) is 1.67. The summed E-state index contributed by atoms with van der Waals surface area (Å²) >= 11 is 8.57. The summed E-state index contributed by atoms with van der Waals surface area (Å²) in [6, 6.07) is 3.72. The molecule has 2 aromatic heterocycles. The predicted octanol–water partition coefficient (Wildman–Crippen LogP) is 3.49. The van der Waals surface area contributed by atoms with Gasteiger partial charge in [-0.1, -0.05) is 37.2 Å². The molecule has 108 valence electrons. The summed E-state index contributed by atoms with van der Waals surface area (Å²) in [6.07, 6.45) is 0. The van der Waals surface area contributed by atoms with Gasteiger partial charge in [0.25, 0.3) is 0 Å². The third-order valence-corrected chi connectivity index (χ3v) is 4.56. The molecule has 5 nitrogen and oxygen atoms in total. The standard InChI is InChI=1S/C12H14ClN3O2S2/c1-7(2)5-16-11(8-3-4-9(13)20-8)14-15-12(16)19-6-10(17)18/h3-4,7H,5-6H2,1-2H3,(H,17,18). The van der Waals surface area contributed by atoms with Gasteiger partial charge < -0.3 is 9.67 Å². The van der Waals surface area contributed by atoms with Crippen LogP contribution in [0.5, 0.6) is 0 Å². The highest BCUT2D eigenvalue weighted by atomic mass is 35.5. The number of carbonyl (C=O) groups is 1. The Kier molecular flexibility index (Phi) is 5.06. The van der Waals surface area contributed by atoms with Gasteiger partial charge in [-0.05, 0) is 18.1 Å². The quantitative estimate of drug-likeness (QED) is 0.820. The number of aliphatic carboxylic acids is 1. The van der Waals surface area contributed by atoms with Crippen LogP contribution in [0, 0.1) is 5.92 Å². The van der Waals surface area contributed by atoms with Crippen molar-refractivity contribution in [2.45, 2.75) is 25.5 Å². The third kappa shape index (κ3) is 3.74. The molecule has 0 spiro atoms. The number of halogens is 1. The first-order chi connectivity index (χ1) is 9.47. The Bertz CT molecular complexity index is 610. The second-order valence-corrected chi connectivity index (χ2v) is 7.25. The number of aromatic nitrogens is 3. The zero-order valence-electron chi connectivity index (χ0n) is 11.0. The molecule has 2 heterocycles. The topological polar surface area (TPSA) is 68.0 Å². The molecule has 0 aromatic carbocycles. The van der Waals surface area contributed by atoms with E-state index >= 15 is 0 Å². The highest BCUT2D eigenvalue weighted by Crippen LogP contribution is 2.32. The second-order valence-electron chi connectivity index (χ2n) is 4.60. The van der Waals surface area contributed by atoms with Crippen LogP contribution in [0.15, 0.2) is 17.3 Å². The van der Waals surface area contributed by atoms with Crippen molar-refractivity contribution in [1.29, 1.82) is 0 Å². The van der Waals surface area contributed by atoms with Crippen LogP contribution in [-0.2, 0) is 11.3 Å². The van der Waals surface area contributed by atoms with Crippen LogP contribution < -0.4 is 0 Å². The van der Waals surface area contributed by atoms with E-state index in [2.05, 4.69) is 24.0 Å². The van der Waals surface area contributed by atoms with Gasteiger partial charge in [0.05, 0.1) is 15.0 Å². The van der Waals surface area contributed by atoms with Crippen molar-refractivity contribution in [1.82, 2.24) is 14.8 Å². The zero-order chi connectivity index (χ0) is 14.7. The molecule has 0 atom stereocenters. The SMILES string of the molecule is CC(C)Cn1c(SCC(=O)O)nnc1-c1ccc(Cl)s1. The van der Waals surface area contributed by atoms with Crippen molar-refractivity contribution in [2.75, 3.05) is 5.75 Å². The van der Waals surface area contributed by atoms with Gasteiger partial charge in [-0.2, -0.15) is 0 Å². The lowest BCUT2D eigenvalue weighted by Gasteiger charge is -2.11. The Hall–Kier alpha value is -1.05. The van der Waals surface area contributed by atoms with E-state index in [1.54, 1.807) is 0 Å². The van der Waals surface area contributed by atoms with Gasteiger partial charge in [0.2, 0.25) is 0 Å². The molecule has 2 aromatic rings. The van der Waals surface area contributed by atoms with Gasteiger partial charge in [0, 0.05) is 6.54 Å². The summed E-state index contributed by atoms with van der Waals surface area (Å²) in [5, 5.41) is 17.7. The van der Waals surface area contributed by atoms with E-state index in [1.165, 1.54) is 23.1 Å². The Morgan fingerprint density at radius 3 is 2.80 bits per heavy atom. The smallest absolute Gasteiger partial charge is 0.313 e. The maximum absolute atomic E-state index is 10.7. The molecule has 8 heteroatoms. The highest BCUT2D eigenvalue weighted by Gasteiger charge is 2.17. The van der Waals surface area contributed by atoms with Crippen LogP contribution in [0.4, 0.5) is 0 Å². The predicted molar refractivity (Wildman–Crippen MR) is 81.5 cm³/mol. The van der Waals surface area contributed by atoms with Crippen molar-refractivity contribution in [3.63, 3.8) is 0 Å². The number of hydrogen-bond donors (Lipinski definition) is 1. The minimum atomic E-state index is -0.866. The van der Waals surface area contributed by atoms with Crippen LogP contribution in [0.2, 0.25) is 4.34 Å². The molecular formula is C12H14ClN3O2S2. The summed E-state index contributed by atoms with van der Waals surface area (Å²) in [6.45, 7) is 4.92. The lowest BCUT2D eigenvalue weighted by molar-refractivity contribution is -0.133. The molecule has 0 aliphatic carbocycles. The Balaban J connectivity index is 2.33. The summed E-state index contributed by atoms with van der Waals surface area (Å²) in [5.41, 5.74) is 0. The first-order valence-electron chi connectivity index (χ1n) is 6.01. The molecule has 2 rings (SSSR count). The van der Waals surface area contributed by atoms with Crippen LogP contribution >= 0.6 is 34.7 Å². The number of carboxylic acids is 1. The summed E-state index contributed by atoms with van der Waals surface area (Å²) < 4.78 is 2.65. The zero-order valence-corrected chi connectivity index (χ0v) is 13.4. The van der Waals surface area contributed by atoms with Gasteiger partial charge in [0.15, 0.2) is 11.0 Å². The molecule has 0 fully saturated rings. The van der Waals surface area contributed by atoms with Crippen molar-refractivity contribution in [3.05, 3.63) is 16.5 Å². The molecule has 0 bridgehead atoms. The van der Waals surface area contributed by atoms with Crippen molar-refractivity contribution >= 4 is 40.7 Å². The summed E-state index contributed by atoms with van der Waals surface area (Å²) in [4.78, 5) is 11.6. The fourth-order valence-corrected chi connectivity index (χ4v) is 3.37. The normalized spacial score (nSPS) is 11.2. The van der Waals surface area contributed by atoms with Crippen LogP contribution in [0.1, 0.15) is 13.8 Å². The minimum Gasteiger partial charge on any atom is -0.481 e. The largest absolute Gasteiger partial charge is 0.481 e. The van der Waals surface area contributed by atoms with E-state index in [0.717, 1.165) is 17.2 Å². The number of hydrogen-bond acceptors (Lipinski definition) is 5. The Labute approximate surface area is 130 Å². The van der Waals surface area contributed by atoms with Crippen molar-refractivity contribution in [3.8, 4) is 10.7 Å². The molecule has 0 saturated carbocycles. The number of thioether (sulfide) groups is 1. The first kappa shape index (κ1) is 15.3. The van der Waals surface area contributed by atoms with E-state index in [4.69, 9.17) is 16.7 Å². The monoisotopic (exact) mass is 331 g/mol. The van der Waals surface area contributed by atoms with Gasteiger partial charge in [-0.15, -0.1) is 21.5 Å². The van der Waals surface area contributed by atoms with E-state index < -0.39 is 5.97 Å². The molecule has 0 amide bonds. The van der Waals surface area contributed by atoms with E-state index in [1.807, 2.05) is 16.7 Å². The average molecular weight is 332 g/mol. The lowest BCUT2D eigenvalue weighted by Crippen LogP contribution is -2.08. The van der Waals surface area contributed by atoms with Crippen LogP contribution in [-0.4, -0.2) is 31.6 Å². The average Bonchev–Trinajstić information content (AvgIpc) is 2.93. The van der Waals surface area contributed by atoms with Gasteiger partial charge in [-0.3, -0.25) is 4.79 Å². The second kappa shape index (κ2) is 6.60. The molecule has 0 aliphatic heterocycles. The number of carboxylic acid groups (broad SMARTS) is 1.